The zero-order valence-electron chi connectivity index (χ0n) is 11.2. The number of hydrogen-bond acceptors (Lipinski definition) is 3. The van der Waals surface area contributed by atoms with Crippen LogP contribution in [0.3, 0.4) is 0 Å². The van der Waals surface area contributed by atoms with Crippen LogP contribution in [0.25, 0.3) is 0 Å². The van der Waals surface area contributed by atoms with Gasteiger partial charge in [0.15, 0.2) is 0 Å². The molecule has 0 saturated heterocycles. The van der Waals surface area contributed by atoms with Crippen LogP contribution in [-0.2, 0) is 16.0 Å². The maximum Gasteiger partial charge on any atom is 0.316 e. The maximum absolute atomic E-state index is 12.2. The summed E-state index contributed by atoms with van der Waals surface area (Å²) < 4.78 is 0. The van der Waals surface area contributed by atoms with E-state index in [1.54, 1.807) is 12.1 Å². The number of phenolic OH excluding ortho intramolecular Hbond substituents is 1. The topological polar surface area (TPSA) is 69.6 Å². The molecule has 0 fully saturated rings. The van der Waals surface area contributed by atoms with Crippen LogP contribution in [-0.4, -0.2) is 23.5 Å². The van der Waals surface area contributed by atoms with Gasteiger partial charge in [-0.1, -0.05) is 18.2 Å². The number of amides is 2. The van der Waals surface area contributed by atoms with Gasteiger partial charge in [0.1, 0.15) is 5.75 Å². The normalized spacial score (nSPS) is 12.9. The number of para-hydroxylation sites is 1. The minimum Gasteiger partial charge on any atom is -0.508 e. The van der Waals surface area contributed by atoms with Gasteiger partial charge in [-0.25, -0.2) is 0 Å². The largest absolute Gasteiger partial charge is 0.508 e. The summed E-state index contributed by atoms with van der Waals surface area (Å²) >= 11 is 0. The van der Waals surface area contributed by atoms with E-state index in [9.17, 15) is 14.7 Å². The highest BCUT2D eigenvalue weighted by molar-refractivity contribution is 6.44. The van der Waals surface area contributed by atoms with E-state index in [1.165, 1.54) is 17.0 Å². The van der Waals surface area contributed by atoms with Crippen LogP contribution in [0.5, 0.6) is 5.75 Å². The summed E-state index contributed by atoms with van der Waals surface area (Å²) in [5.41, 5.74) is 2.34. The van der Waals surface area contributed by atoms with Crippen LogP contribution >= 0.6 is 0 Å². The molecule has 0 spiro atoms. The number of hydrogen-bond donors (Lipinski definition) is 2. The SMILES string of the molecule is O=C(Nc1ccc(O)cc1)C(=O)N1CCc2ccccc21. The molecular formula is C16H14N2O3. The third-order valence-electron chi connectivity index (χ3n) is 3.45. The van der Waals surface area contributed by atoms with Crippen LogP contribution in [0.15, 0.2) is 48.5 Å². The third kappa shape index (κ3) is 2.58. The first kappa shape index (κ1) is 13.2. The Hall–Kier alpha value is -2.82. The predicted octanol–water partition coefficient (Wildman–Crippen LogP) is 1.92. The van der Waals surface area contributed by atoms with Gasteiger partial charge in [0.2, 0.25) is 0 Å². The molecule has 1 aliphatic rings. The fraction of sp³-hybridized carbons (Fsp3) is 0.125. The molecule has 5 nitrogen and oxygen atoms in total. The monoisotopic (exact) mass is 282 g/mol. The first-order chi connectivity index (χ1) is 10.1. The van der Waals surface area contributed by atoms with Crippen molar-refractivity contribution in [2.45, 2.75) is 6.42 Å². The molecule has 0 bridgehead atoms. The quantitative estimate of drug-likeness (QED) is 0.620. The van der Waals surface area contributed by atoms with E-state index >= 15 is 0 Å². The van der Waals surface area contributed by atoms with Crippen molar-refractivity contribution in [2.24, 2.45) is 0 Å². The van der Waals surface area contributed by atoms with Gasteiger partial charge in [-0.05, 0) is 42.3 Å². The first-order valence-electron chi connectivity index (χ1n) is 6.65. The molecule has 0 aliphatic carbocycles. The van der Waals surface area contributed by atoms with Crippen LogP contribution in [0.1, 0.15) is 5.56 Å². The van der Waals surface area contributed by atoms with Crippen molar-refractivity contribution < 1.29 is 14.7 Å². The van der Waals surface area contributed by atoms with Crippen LogP contribution in [0.4, 0.5) is 11.4 Å². The van der Waals surface area contributed by atoms with E-state index in [0.717, 1.165) is 17.7 Å². The van der Waals surface area contributed by atoms with Gasteiger partial charge in [-0.2, -0.15) is 0 Å². The Morgan fingerprint density at radius 3 is 2.52 bits per heavy atom. The Balaban J connectivity index is 1.74. The van der Waals surface area contributed by atoms with E-state index in [0.29, 0.717) is 12.2 Å². The number of carbonyl (C=O) groups is 2. The predicted molar refractivity (Wildman–Crippen MR) is 79.2 cm³/mol. The molecule has 106 valence electrons. The summed E-state index contributed by atoms with van der Waals surface area (Å²) in [6, 6.07) is 13.5. The maximum atomic E-state index is 12.2. The van der Waals surface area contributed by atoms with Gasteiger partial charge in [-0.3, -0.25) is 9.59 Å². The standard InChI is InChI=1S/C16H14N2O3/c19-13-7-5-12(6-8-13)17-15(20)16(21)18-10-9-11-3-1-2-4-14(11)18/h1-8,19H,9-10H2,(H,17,20). The first-order valence-corrected chi connectivity index (χ1v) is 6.65. The molecule has 2 aromatic rings. The molecule has 2 aromatic carbocycles. The number of aromatic hydroxyl groups is 1. The molecule has 0 unspecified atom stereocenters. The summed E-state index contributed by atoms with van der Waals surface area (Å²) in [6.45, 7) is 0.515. The molecule has 3 rings (SSSR count). The fourth-order valence-corrected chi connectivity index (χ4v) is 2.40. The second kappa shape index (κ2) is 5.28. The summed E-state index contributed by atoms with van der Waals surface area (Å²) in [4.78, 5) is 25.8. The highest BCUT2D eigenvalue weighted by atomic mass is 16.3. The average molecular weight is 282 g/mol. The zero-order chi connectivity index (χ0) is 14.8. The number of nitrogens with zero attached hydrogens (tertiary/aromatic N) is 1. The van der Waals surface area contributed by atoms with E-state index in [1.807, 2.05) is 24.3 Å². The van der Waals surface area contributed by atoms with E-state index < -0.39 is 11.8 Å². The highest BCUT2D eigenvalue weighted by Gasteiger charge is 2.28. The molecule has 0 radical (unpaired) electrons. The average Bonchev–Trinajstić information content (AvgIpc) is 2.92. The Morgan fingerprint density at radius 2 is 1.76 bits per heavy atom. The van der Waals surface area contributed by atoms with Crippen molar-refractivity contribution in [3.05, 3.63) is 54.1 Å². The zero-order valence-corrected chi connectivity index (χ0v) is 11.2. The van der Waals surface area contributed by atoms with Crippen LogP contribution < -0.4 is 10.2 Å². The van der Waals surface area contributed by atoms with Gasteiger partial charge < -0.3 is 15.3 Å². The number of benzene rings is 2. The molecule has 0 aromatic heterocycles. The molecule has 21 heavy (non-hydrogen) atoms. The summed E-state index contributed by atoms with van der Waals surface area (Å²) in [5, 5.41) is 11.7. The number of fused-ring (bicyclic) bond motifs is 1. The summed E-state index contributed by atoms with van der Waals surface area (Å²) in [5.74, 6) is -1.15. The Morgan fingerprint density at radius 1 is 1.05 bits per heavy atom. The van der Waals surface area contributed by atoms with Gasteiger partial charge >= 0.3 is 11.8 Å². The smallest absolute Gasteiger partial charge is 0.316 e. The van der Waals surface area contributed by atoms with Crippen molar-refractivity contribution in [3.8, 4) is 5.75 Å². The lowest BCUT2D eigenvalue weighted by Crippen LogP contribution is -2.38. The minimum absolute atomic E-state index is 0.104. The number of carbonyl (C=O) groups excluding carboxylic acids is 2. The molecule has 1 aliphatic heterocycles. The van der Waals surface area contributed by atoms with E-state index in [2.05, 4.69) is 5.32 Å². The molecule has 1 heterocycles. The molecule has 2 N–H and O–H groups in total. The van der Waals surface area contributed by atoms with Crippen molar-refractivity contribution >= 4 is 23.2 Å². The van der Waals surface area contributed by atoms with Crippen molar-refractivity contribution in [1.82, 2.24) is 0 Å². The Kier molecular flexibility index (Phi) is 3.31. The van der Waals surface area contributed by atoms with Gasteiger partial charge in [0.05, 0.1) is 0 Å². The minimum atomic E-state index is -0.683. The highest BCUT2D eigenvalue weighted by Crippen LogP contribution is 2.27. The third-order valence-corrected chi connectivity index (χ3v) is 3.45. The Labute approximate surface area is 121 Å². The van der Waals surface area contributed by atoms with Gasteiger partial charge in [-0.15, -0.1) is 0 Å². The van der Waals surface area contributed by atoms with Gasteiger partial charge in [0, 0.05) is 17.9 Å². The summed E-state index contributed by atoms with van der Waals surface area (Å²) in [6.07, 6.45) is 0.758. The summed E-state index contributed by atoms with van der Waals surface area (Å²) in [7, 11) is 0. The molecule has 0 atom stereocenters. The van der Waals surface area contributed by atoms with Crippen molar-refractivity contribution in [1.29, 1.82) is 0 Å². The van der Waals surface area contributed by atoms with Gasteiger partial charge in [0.25, 0.3) is 0 Å². The Bertz CT molecular complexity index is 695. The van der Waals surface area contributed by atoms with Crippen molar-refractivity contribution in [3.63, 3.8) is 0 Å². The lowest BCUT2D eigenvalue weighted by molar-refractivity contribution is -0.134. The fourth-order valence-electron chi connectivity index (χ4n) is 2.40. The van der Waals surface area contributed by atoms with E-state index in [4.69, 9.17) is 0 Å². The molecular weight excluding hydrogens is 268 g/mol. The van der Waals surface area contributed by atoms with Crippen LogP contribution in [0, 0.1) is 0 Å². The number of rotatable bonds is 1. The lowest BCUT2D eigenvalue weighted by atomic mass is 10.2. The van der Waals surface area contributed by atoms with Crippen molar-refractivity contribution in [2.75, 3.05) is 16.8 Å². The number of nitrogens with one attached hydrogen (secondary N) is 1. The van der Waals surface area contributed by atoms with Crippen LogP contribution in [0.2, 0.25) is 0 Å². The number of anilines is 2. The second-order valence-electron chi connectivity index (χ2n) is 4.84. The molecule has 5 heteroatoms. The number of phenols is 1. The lowest BCUT2D eigenvalue weighted by Gasteiger charge is -2.16. The van der Waals surface area contributed by atoms with E-state index in [-0.39, 0.29) is 5.75 Å². The molecule has 2 amide bonds. The molecule has 0 saturated carbocycles. The second-order valence-corrected chi connectivity index (χ2v) is 4.84.